The van der Waals surface area contributed by atoms with Crippen LogP contribution in [0.3, 0.4) is 0 Å². The van der Waals surface area contributed by atoms with E-state index in [1.165, 1.54) is 12.3 Å². The van der Waals surface area contributed by atoms with E-state index in [0.717, 1.165) is 25.7 Å². The van der Waals surface area contributed by atoms with Crippen LogP contribution in [0.15, 0.2) is 12.3 Å². The molecule has 2 unspecified atom stereocenters. The first-order valence-corrected chi connectivity index (χ1v) is 6.77. The van der Waals surface area contributed by atoms with Gasteiger partial charge in [0.05, 0.1) is 11.1 Å². The number of carbonyl (C=O) groups excluding carboxylic acids is 1. The van der Waals surface area contributed by atoms with Crippen LogP contribution in [0.5, 0.6) is 0 Å². The summed E-state index contributed by atoms with van der Waals surface area (Å²) in [6, 6.07) is 1.34. The van der Waals surface area contributed by atoms with Crippen molar-refractivity contribution in [1.82, 2.24) is 10.3 Å². The fraction of sp³-hybridized carbons (Fsp3) is 0.545. The van der Waals surface area contributed by atoms with E-state index in [2.05, 4.69) is 26.2 Å². The van der Waals surface area contributed by atoms with E-state index in [-0.39, 0.29) is 28.2 Å². The third kappa shape index (κ3) is 2.90. The fourth-order valence-corrected chi connectivity index (χ4v) is 2.83. The van der Waals surface area contributed by atoms with E-state index in [1.807, 2.05) is 0 Å². The Labute approximate surface area is 112 Å². The first-order chi connectivity index (χ1) is 8.58. The molecule has 98 valence electrons. The molecule has 0 spiro atoms. The predicted molar refractivity (Wildman–Crippen MR) is 69.9 cm³/mol. The maximum atomic E-state index is 11.9. The predicted octanol–water partition coefficient (Wildman–Crippen LogP) is 2.36. The molecule has 1 aromatic heterocycles. The minimum absolute atomic E-state index is 0.0913. The number of alkyl halides is 1. The number of halogens is 1. The van der Waals surface area contributed by atoms with Gasteiger partial charge in [-0.15, -0.1) is 0 Å². The van der Waals surface area contributed by atoms with Crippen LogP contribution < -0.4 is 5.32 Å². The topological polar surface area (TPSA) is 88.0 Å². The minimum atomic E-state index is -0.527. The van der Waals surface area contributed by atoms with Gasteiger partial charge in [-0.1, -0.05) is 28.8 Å². The Bertz CT molecular complexity index is 460. The van der Waals surface area contributed by atoms with Gasteiger partial charge < -0.3 is 10.3 Å². The molecule has 1 aliphatic carbocycles. The molecule has 2 rings (SSSR count). The molecule has 1 heterocycles. The van der Waals surface area contributed by atoms with Crippen molar-refractivity contribution in [2.24, 2.45) is 0 Å². The van der Waals surface area contributed by atoms with Gasteiger partial charge in [0, 0.05) is 16.9 Å². The summed E-state index contributed by atoms with van der Waals surface area (Å²) in [5.74, 6) is -0.292. The normalized spacial score (nSPS) is 23.6. The number of nitrogens with zero attached hydrogens (tertiary/aromatic N) is 1. The highest BCUT2D eigenvalue weighted by Crippen LogP contribution is 2.24. The Balaban J connectivity index is 2.00. The number of nitrogens with one attached hydrogen (secondary N) is 2. The Kier molecular flexibility index (Phi) is 4.00. The molecule has 0 aromatic carbocycles. The zero-order valence-electron chi connectivity index (χ0n) is 9.69. The van der Waals surface area contributed by atoms with Crippen molar-refractivity contribution in [2.75, 3.05) is 0 Å². The largest absolute Gasteiger partial charge is 0.351 e. The Morgan fingerprint density at radius 3 is 2.83 bits per heavy atom. The second kappa shape index (κ2) is 5.51. The maximum absolute atomic E-state index is 11.9. The van der Waals surface area contributed by atoms with Crippen molar-refractivity contribution in [1.29, 1.82) is 0 Å². The maximum Gasteiger partial charge on any atom is 0.287 e. The molecule has 1 amide bonds. The molecule has 1 fully saturated rings. The van der Waals surface area contributed by atoms with Crippen LogP contribution in [0.1, 0.15) is 36.2 Å². The number of aromatic nitrogens is 1. The minimum Gasteiger partial charge on any atom is -0.351 e. The lowest BCUT2D eigenvalue weighted by Crippen LogP contribution is -2.42. The second-order valence-corrected chi connectivity index (χ2v) is 5.59. The fourth-order valence-electron chi connectivity index (χ4n) is 2.11. The molecule has 1 saturated carbocycles. The number of nitro groups is 1. The lowest BCUT2D eigenvalue weighted by atomic mass is 9.95. The molecule has 6 nitrogen and oxygen atoms in total. The van der Waals surface area contributed by atoms with Crippen molar-refractivity contribution >= 4 is 27.5 Å². The highest BCUT2D eigenvalue weighted by molar-refractivity contribution is 9.09. The van der Waals surface area contributed by atoms with Gasteiger partial charge in [0.1, 0.15) is 5.69 Å². The second-order valence-electron chi connectivity index (χ2n) is 4.41. The smallest absolute Gasteiger partial charge is 0.287 e. The van der Waals surface area contributed by atoms with Gasteiger partial charge in [-0.2, -0.15) is 0 Å². The highest BCUT2D eigenvalue weighted by atomic mass is 79.9. The average molecular weight is 316 g/mol. The molecule has 0 bridgehead atoms. The van der Waals surface area contributed by atoms with Gasteiger partial charge in [0.15, 0.2) is 0 Å². The standard InChI is InChI=1S/C11H14BrN3O3/c12-8-3-1-2-4-9(8)14-11(16)10-5-7(6-13-10)15(17)18/h5-6,8-9,13H,1-4H2,(H,14,16). The third-order valence-electron chi connectivity index (χ3n) is 3.12. The number of rotatable bonds is 3. The van der Waals surface area contributed by atoms with Crippen molar-refractivity contribution < 1.29 is 9.72 Å². The molecule has 1 aromatic rings. The Morgan fingerprint density at radius 2 is 2.22 bits per heavy atom. The molecule has 1 aliphatic rings. The Hall–Kier alpha value is -1.37. The summed E-state index contributed by atoms with van der Waals surface area (Å²) in [6.45, 7) is 0. The zero-order valence-corrected chi connectivity index (χ0v) is 11.3. The molecular formula is C11H14BrN3O3. The molecule has 2 N–H and O–H groups in total. The molecule has 0 aliphatic heterocycles. The first-order valence-electron chi connectivity index (χ1n) is 5.85. The lowest BCUT2D eigenvalue weighted by Gasteiger charge is -2.27. The van der Waals surface area contributed by atoms with E-state index in [9.17, 15) is 14.9 Å². The van der Waals surface area contributed by atoms with Crippen molar-refractivity contribution in [3.63, 3.8) is 0 Å². The SMILES string of the molecule is O=C(NC1CCCCC1Br)c1cc([N+](=O)[O-])c[nH]1. The van der Waals surface area contributed by atoms with Gasteiger partial charge in [0.25, 0.3) is 11.6 Å². The monoisotopic (exact) mass is 315 g/mol. The molecule has 0 saturated heterocycles. The van der Waals surface area contributed by atoms with Gasteiger partial charge in [-0.05, 0) is 12.8 Å². The summed E-state index contributed by atoms with van der Waals surface area (Å²) in [6.07, 6.45) is 5.45. The quantitative estimate of drug-likeness (QED) is 0.510. The van der Waals surface area contributed by atoms with Crippen LogP contribution >= 0.6 is 15.9 Å². The number of amides is 1. The molecule has 0 radical (unpaired) electrons. The molecular weight excluding hydrogens is 302 g/mol. The van der Waals surface area contributed by atoms with Gasteiger partial charge >= 0.3 is 0 Å². The molecule has 18 heavy (non-hydrogen) atoms. The van der Waals surface area contributed by atoms with Gasteiger partial charge in [-0.25, -0.2) is 0 Å². The van der Waals surface area contributed by atoms with E-state index < -0.39 is 4.92 Å². The average Bonchev–Trinajstić information content (AvgIpc) is 2.81. The number of hydrogen-bond acceptors (Lipinski definition) is 3. The summed E-state index contributed by atoms with van der Waals surface area (Å²) >= 11 is 3.55. The summed E-state index contributed by atoms with van der Waals surface area (Å²) in [7, 11) is 0. The van der Waals surface area contributed by atoms with Crippen LogP contribution in [0.2, 0.25) is 0 Å². The van der Waals surface area contributed by atoms with Crippen LogP contribution in [0.4, 0.5) is 5.69 Å². The highest BCUT2D eigenvalue weighted by Gasteiger charge is 2.25. The number of hydrogen-bond donors (Lipinski definition) is 2. The van der Waals surface area contributed by atoms with Crippen molar-refractivity contribution in [3.05, 3.63) is 28.1 Å². The zero-order chi connectivity index (χ0) is 13.1. The third-order valence-corrected chi connectivity index (χ3v) is 4.22. The molecule has 7 heteroatoms. The Morgan fingerprint density at radius 1 is 1.50 bits per heavy atom. The van der Waals surface area contributed by atoms with Crippen molar-refractivity contribution in [3.8, 4) is 0 Å². The van der Waals surface area contributed by atoms with Crippen LogP contribution in [0.25, 0.3) is 0 Å². The lowest BCUT2D eigenvalue weighted by molar-refractivity contribution is -0.384. The number of carbonyl (C=O) groups is 1. The summed E-state index contributed by atoms with van der Waals surface area (Å²) < 4.78 is 0. The number of H-pyrrole nitrogens is 1. The van der Waals surface area contributed by atoms with E-state index in [4.69, 9.17) is 0 Å². The van der Waals surface area contributed by atoms with Crippen LogP contribution in [-0.2, 0) is 0 Å². The van der Waals surface area contributed by atoms with Gasteiger partial charge in [-0.3, -0.25) is 14.9 Å². The van der Waals surface area contributed by atoms with E-state index in [0.29, 0.717) is 0 Å². The summed E-state index contributed by atoms with van der Waals surface area (Å²) in [5, 5.41) is 13.4. The summed E-state index contributed by atoms with van der Waals surface area (Å²) in [5.41, 5.74) is 0.131. The summed E-state index contributed by atoms with van der Waals surface area (Å²) in [4.78, 5) is 24.8. The van der Waals surface area contributed by atoms with Gasteiger partial charge in [0.2, 0.25) is 0 Å². The van der Waals surface area contributed by atoms with Crippen LogP contribution in [-0.4, -0.2) is 26.7 Å². The van der Waals surface area contributed by atoms with E-state index in [1.54, 1.807) is 0 Å². The van der Waals surface area contributed by atoms with Crippen LogP contribution in [0, 0.1) is 10.1 Å². The first kappa shape index (κ1) is 13.1. The van der Waals surface area contributed by atoms with E-state index >= 15 is 0 Å². The molecule has 2 atom stereocenters. The number of aromatic amines is 1. The van der Waals surface area contributed by atoms with Crippen molar-refractivity contribution in [2.45, 2.75) is 36.6 Å².